The van der Waals surface area contributed by atoms with E-state index in [4.69, 9.17) is 0 Å². The number of benzene rings is 1. The Morgan fingerprint density at radius 1 is 1.35 bits per heavy atom. The molecular weight excluding hydrogens is 248 g/mol. The van der Waals surface area contributed by atoms with E-state index in [2.05, 4.69) is 41.4 Å². The van der Waals surface area contributed by atoms with Crippen LogP contribution in [0.15, 0.2) is 24.3 Å². The maximum Gasteiger partial charge on any atom is 0.223 e. The lowest BCUT2D eigenvalue weighted by molar-refractivity contribution is -0.123. The molecule has 3 heteroatoms. The summed E-state index contributed by atoms with van der Waals surface area (Å²) >= 11 is 0. The number of likely N-dealkylation sites (tertiary alicyclic amines) is 1. The van der Waals surface area contributed by atoms with Crippen LogP contribution in [0.5, 0.6) is 0 Å². The van der Waals surface area contributed by atoms with Crippen molar-refractivity contribution >= 4 is 5.91 Å². The van der Waals surface area contributed by atoms with E-state index in [0.717, 1.165) is 38.9 Å². The predicted molar refractivity (Wildman–Crippen MR) is 80.3 cm³/mol. The first-order valence-corrected chi connectivity index (χ1v) is 7.79. The summed E-state index contributed by atoms with van der Waals surface area (Å²) in [4.78, 5) is 14.3. The Labute approximate surface area is 121 Å². The number of hydrogen-bond donors (Lipinski definition) is 1. The largest absolute Gasteiger partial charge is 0.352 e. The molecule has 1 heterocycles. The lowest BCUT2D eigenvalue weighted by atomic mass is 10.0. The number of carbonyl (C=O) groups excluding carboxylic acids is 1. The molecule has 20 heavy (non-hydrogen) atoms. The number of rotatable bonds is 4. The highest BCUT2D eigenvalue weighted by atomic mass is 16.2. The molecule has 1 N–H and O–H groups in total. The molecule has 1 unspecified atom stereocenters. The zero-order valence-electron chi connectivity index (χ0n) is 12.3. The van der Waals surface area contributed by atoms with Crippen molar-refractivity contribution in [2.75, 3.05) is 13.1 Å². The van der Waals surface area contributed by atoms with E-state index in [-0.39, 0.29) is 5.91 Å². The molecule has 3 nitrogen and oxygen atoms in total. The van der Waals surface area contributed by atoms with Gasteiger partial charge in [0.15, 0.2) is 0 Å². The average Bonchev–Trinajstić information content (AvgIpc) is 3.23. The van der Waals surface area contributed by atoms with Gasteiger partial charge in [0.25, 0.3) is 0 Å². The van der Waals surface area contributed by atoms with E-state index in [0.29, 0.717) is 12.0 Å². The van der Waals surface area contributed by atoms with Crippen molar-refractivity contribution in [2.24, 2.45) is 5.92 Å². The number of aryl methyl sites for hydroxylation is 1. The van der Waals surface area contributed by atoms with Crippen molar-refractivity contribution in [1.82, 2.24) is 10.2 Å². The van der Waals surface area contributed by atoms with E-state index in [1.54, 1.807) is 0 Å². The zero-order chi connectivity index (χ0) is 13.9. The Morgan fingerprint density at radius 3 is 2.95 bits per heavy atom. The molecule has 0 aromatic heterocycles. The zero-order valence-corrected chi connectivity index (χ0v) is 12.3. The fraction of sp³-hybridized carbons (Fsp3) is 0.588. The van der Waals surface area contributed by atoms with Gasteiger partial charge >= 0.3 is 0 Å². The number of hydrogen-bond acceptors (Lipinski definition) is 2. The molecule has 1 saturated carbocycles. The minimum absolute atomic E-state index is 0.285. The lowest BCUT2D eigenvalue weighted by Crippen LogP contribution is -2.47. The molecule has 1 aliphatic carbocycles. The molecule has 1 aromatic carbocycles. The van der Waals surface area contributed by atoms with Gasteiger partial charge in [-0.25, -0.2) is 0 Å². The minimum atomic E-state index is 0.285. The summed E-state index contributed by atoms with van der Waals surface area (Å²) in [6.07, 6.45) is 4.49. The fourth-order valence-corrected chi connectivity index (χ4v) is 3.05. The Bertz CT molecular complexity index is 482. The molecule has 1 amide bonds. The van der Waals surface area contributed by atoms with Gasteiger partial charge in [-0.2, -0.15) is 0 Å². The smallest absolute Gasteiger partial charge is 0.223 e. The van der Waals surface area contributed by atoms with Crippen molar-refractivity contribution in [2.45, 2.75) is 45.2 Å². The first kappa shape index (κ1) is 13.6. The molecular formula is C17H24N2O. The maximum atomic E-state index is 11.9. The van der Waals surface area contributed by atoms with Crippen LogP contribution in [0.2, 0.25) is 0 Å². The van der Waals surface area contributed by atoms with Gasteiger partial charge in [-0.3, -0.25) is 9.69 Å². The number of nitrogens with one attached hydrogen (secondary N) is 1. The predicted octanol–water partition coefficient (Wildman–Crippen LogP) is 2.49. The number of amides is 1. The van der Waals surface area contributed by atoms with Crippen LogP contribution in [0.3, 0.4) is 0 Å². The second-order valence-corrected chi connectivity index (χ2v) is 6.35. The van der Waals surface area contributed by atoms with Crippen LogP contribution in [-0.4, -0.2) is 29.9 Å². The lowest BCUT2D eigenvalue weighted by Gasteiger charge is -2.33. The number of piperidine rings is 1. The van der Waals surface area contributed by atoms with Gasteiger partial charge in [0, 0.05) is 25.0 Å². The summed E-state index contributed by atoms with van der Waals surface area (Å²) in [6, 6.07) is 9.06. The third-order valence-electron chi connectivity index (χ3n) is 4.29. The SMILES string of the molecule is Cc1cccc(CN2CCCC(NC(=O)C3CC3)C2)c1. The van der Waals surface area contributed by atoms with Gasteiger partial charge in [-0.05, 0) is 44.7 Å². The third-order valence-corrected chi connectivity index (χ3v) is 4.29. The molecule has 1 atom stereocenters. The van der Waals surface area contributed by atoms with Crippen molar-refractivity contribution in [3.63, 3.8) is 0 Å². The second kappa shape index (κ2) is 5.96. The van der Waals surface area contributed by atoms with Gasteiger partial charge < -0.3 is 5.32 Å². The van der Waals surface area contributed by atoms with Gasteiger partial charge in [0.1, 0.15) is 0 Å². The fourth-order valence-electron chi connectivity index (χ4n) is 3.05. The molecule has 0 bridgehead atoms. The Kier molecular flexibility index (Phi) is 4.06. The summed E-state index contributed by atoms with van der Waals surface area (Å²) in [6.45, 7) is 5.27. The monoisotopic (exact) mass is 272 g/mol. The summed E-state index contributed by atoms with van der Waals surface area (Å²) in [5, 5.41) is 3.23. The van der Waals surface area contributed by atoms with Crippen LogP contribution in [-0.2, 0) is 11.3 Å². The maximum absolute atomic E-state index is 11.9. The van der Waals surface area contributed by atoms with Gasteiger partial charge in [-0.15, -0.1) is 0 Å². The highest BCUT2D eigenvalue weighted by Gasteiger charge is 2.31. The van der Waals surface area contributed by atoms with Gasteiger partial charge in [-0.1, -0.05) is 29.8 Å². The number of carbonyl (C=O) groups is 1. The highest BCUT2D eigenvalue weighted by molar-refractivity contribution is 5.81. The highest BCUT2D eigenvalue weighted by Crippen LogP contribution is 2.29. The Hall–Kier alpha value is -1.35. The first-order chi connectivity index (χ1) is 9.70. The summed E-state index contributed by atoms with van der Waals surface area (Å²) in [5.74, 6) is 0.606. The van der Waals surface area contributed by atoms with E-state index in [9.17, 15) is 4.79 Å². The van der Waals surface area contributed by atoms with Crippen LogP contribution in [0.4, 0.5) is 0 Å². The van der Waals surface area contributed by atoms with Crippen LogP contribution in [0.25, 0.3) is 0 Å². The molecule has 1 saturated heterocycles. The Balaban J connectivity index is 1.53. The molecule has 3 rings (SSSR count). The molecule has 2 fully saturated rings. The van der Waals surface area contributed by atoms with Gasteiger partial charge in [0.2, 0.25) is 5.91 Å². The van der Waals surface area contributed by atoms with Crippen molar-refractivity contribution in [3.8, 4) is 0 Å². The van der Waals surface area contributed by atoms with Crippen molar-refractivity contribution in [1.29, 1.82) is 0 Å². The second-order valence-electron chi connectivity index (χ2n) is 6.35. The molecule has 1 aliphatic heterocycles. The van der Waals surface area contributed by atoms with Crippen LogP contribution in [0, 0.1) is 12.8 Å². The molecule has 2 aliphatic rings. The Morgan fingerprint density at radius 2 is 2.20 bits per heavy atom. The average molecular weight is 272 g/mol. The summed E-state index contributed by atoms with van der Waals surface area (Å²) in [7, 11) is 0. The van der Waals surface area contributed by atoms with Crippen LogP contribution >= 0.6 is 0 Å². The normalized spacial score (nSPS) is 23.6. The molecule has 108 valence electrons. The van der Waals surface area contributed by atoms with Crippen LogP contribution < -0.4 is 5.32 Å². The number of nitrogens with zero attached hydrogens (tertiary/aromatic N) is 1. The summed E-state index contributed by atoms with van der Waals surface area (Å²) in [5.41, 5.74) is 2.69. The quantitative estimate of drug-likeness (QED) is 0.913. The van der Waals surface area contributed by atoms with E-state index in [1.165, 1.54) is 17.5 Å². The summed E-state index contributed by atoms with van der Waals surface area (Å²) < 4.78 is 0. The van der Waals surface area contributed by atoms with Crippen molar-refractivity contribution < 1.29 is 4.79 Å². The van der Waals surface area contributed by atoms with Gasteiger partial charge in [0.05, 0.1) is 0 Å². The molecule has 1 aromatic rings. The molecule has 0 radical (unpaired) electrons. The van der Waals surface area contributed by atoms with Crippen molar-refractivity contribution in [3.05, 3.63) is 35.4 Å². The third kappa shape index (κ3) is 3.60. The standard InChI is InChI=1S/C17H24N2O/c1-13-4-2-5-14(10-13)11-19-9-3-6-16(12-19)18-17(20)15-7-8-15/h2,4-5,10,15-16H,3,6-9,11-12H2,1H3,(H,18,20). The minimum Gasteiger partial charge on any atom is -0.352 e. The topological polar surface area (TPSA) is 32.3 Å². The molecule has 0 spiro atoms. The van der Waals surface area contributed by atoms with E-state index < -0.39 is 0 Å². The van der Waals surface area contributed by atoms with E-state index in [1.807, 2.05) is 0 Å². The first-order valence-electron chi connectivity index (χ1n) is 7.79. The van der Waals surface area contributed by atoms with Crippen LogP contribution in [0.1, 0.15) is 36.8 Å². The van der Waals surface area contributed by atoms with E-state index >= 15 is 0 Å².